The third kappa shape index (κ3) is 7.21. The SMILES string of the molecule is CC(C)(O/N=C(\C(=O)N[C@@H]1C(=O)N2C(C(=O)O)=C(C[N+]3(CCNC(=O)c4ccc(O)c(O)c4Cl)CC=CC3)CS[C@H]12)c1csc(N)n1)C(=O)O. The van der Waals surface area contributed by atoms with Crippen LogP contribution in [-0.2, 0) is 24.0 Å². The number of nitrogen functional groups attached to an aromatic ring is 1. The Morgan fingerprint density at radius 3 is 2.52 bits per heavy atom. The van der Waals surface area contributed by atoms with E-state index in [0.29, 0.717) is 29.7 Å². The van der Waals surface area contributed by atoms with Gasteiger partial charge >= 0.3 is 11.9 Å². The lowest BCUT2D eigenvalue weighted by molar-refractivity contribution is -0.907. The third-order valence-electron chi connectivity index (χ3n) is 8.29. The summed E-state index contributed by atoms with van der Waals surface area (Å²) >= 11 is 8.30. The number of quaternary nitrogens is 1. The van der Waals surface area contributed by atoms with Crippen molar-refractivity contribution in [2.45, 2.75) is 30.9 Å². The summed E-state index contributed by atoms with van der Waals surface area (Å²) in [5, 5.41) is 48.7. The van der Waals surface area contributed by atoms with Gasteiger partial charge in [0.1, 0.15) is 29.4 Å². The number of fused-ring (bicyclic) bond motifs is 1. The Hall–Kier alpha value is -4.85. The van der Waals surface area contributed by atoms with Crippen LogP contribution in [0.2, 0.25) is 5.02 Å². The molecule has 4 heterocycles. The number of β-lactam (4-membered cyclic amide) rings is 1. The number of rotatable bonds is 13. The van der Waals surface area contributed by atoms with Gasteiger partial charge in [0.05, 0.1) is 36.8 Å². The minimum absolute atomic E-state index is 0.00624. The number of amides is 3. The first-order valence-corrected chi connectivity index (χ1v) is 17.3. The van der Waals surface area contributed by atoms with Crippen LogP contribution in [0.1, 0.15) is 29.9 Å². The van der Waals surface area contributed by atoms with Gasteiger partial charge in [0, 0.05) is 16.7 Å². The van der Waals surface area contributed by atoms with Crippen molar-refractivity contribution in [1.29, 1.82) is 0 Å². The normalized spacial score (nSPS) is 19.9. The standard InChI is InChI=1S/C30H32ClN7O10S2/c1-30(2,28(46)47)48-36-19(16-13-50-29(32)34-16)24(42)35-20-25(43)37-21(27(44)45)14(12-49-26(20)37)11-38(8-3-4-9-38)10-7-33-23(41)15-5-6-17(39)22(40)18(15)31/h3-6,13,20,26H,7-12H2,1-2H3,(H7-,32,33,34,35,36,39,40,41,42,44,45,46,47)/p+1/t20-,26-/m1/s1. The minimum Gasteiger partial charge on any atom is -0.504 e. The second kappa shape index (κ2) is 14.2. The molecule has 17 nitrogen and oxygen atoms in total. The van der Waals surface area contributed by atoms with Crippen LogP contribution < -0.4 is 16.4 Å². The zero-order valence-electron chi connectivity index (χ0n) is 26.6. The van der Waals surface area contributed by atoms with Crippen LogP contribution >= 0.6 is 34.7 Å². The second-order valence-electron chi connectivity index (χ2n) is 12.1. The summed E-state index contributed by atoms with van der Waals surface area (Å²) in [5.41, 5.74) is 3.79. The highest BCUT2D eigenvalue weighted by atomic mass is 35.5. The zero-order chi connectivity index (χ0) is 36.5. The molecular formula is C30H33ClN7O10S2+. The highest BCUT2D eigenvalue weighted by molar-refractivity contribution is 8.00. The van der Waals surface area contributed by atoms with E-state index in [-0.39, 0.29) is 46.0 Å². The predicted octanol–water partition coefficient (Wildman–Crippen LogP) is 0.929. The first-order chi connectivity index (χ1) is 23.5. The van der Waals surface area contributed by atoms with E-state index >= 15 is 0 Å². The van der Waals surface area contributed by atoms with Crippen molar-refractivity contribution in [3.05, 3.63) is 57.2 Å². The summed E-state index contributed by atoms with van der Waals surface area (Å²) in [6.07, 6.45) is 3.90. The number of carboxylic acids is 2. The summed E-state index contributed by atoms with van der Waals surface area (Å²) in [4.78, 5) is 74.0. The smallest absolute Gasteiger partial charge is 0.352 e. The van der Waals surface area contributed by atoms with Gasteiger partial charge in [0.2, 0.25) is 5.60 Å². The van der Waals surface area contributed by atoms with Crippen molar-refractivity contribution in [2.24, 2.45) is 5.16 Å². The van der Waals surface area contributed by atoms with Gasteiger partial charge in [-0.15, -0.1) is 23.1 Å². The van der Waals surface area contributed by atoms with Gasteiger partial charge in [-0.25, -0.2) is 14.6 Å². The van der Waals surface area contributed by atoms with Crippen LogP contribution in [0.3, 0.4) is 0 Å². The molecule has 0 radical (unpaired) electrons. The van der Waals surface area contributed by atoms with Crippen molar-refractivity contribution in [3.8, 4) is 11.5 Å². The van der Waals surface area contributed by atoms with Crippen molar-refractivity contribution in [2.75, 3.05) is 44.2 Å². The number of oxime groups is 1. The van der Waals surface area contributed by atoms with Crippen molar-refractivity contribution in [1.82, 2.24) is 20.5 Å². The van der Waals surface area contributed by atoms with Crippen molar-refractivity contribution in [3.63, 3.8) is 0 Å². The molecule has 0 aliphatic carbocycles. The van der Waals surface area contributed by atoms with E-state index in [1.165, 1.54) is 37.1 Å². The summed E-state index contributed by atoms with van der Waals surface area (Å²) in [7, 11) is 0. The van der Waals surface area contributed by atoms with Gasteiger partial charge < -0.3 is 46.1 Å². The van der Waals surface area contributed by atoms with Gasteiger partial charge in [-0.2, -0.15) is 0 Å². The van der Waals surface area contributed by atoms with Crippen LogP contribution in [0, 0.1) is 0 Å². The Bertz CT molecular complexity index is 1850. The van der Waals surface area contributed by atoms with Crippen LogP contribution in [-0.4, -0.2) is 126 Å². The lowest BCUT2D eigenvalue weighted by atomic mass is 10.0. The van der Waals surface area contributed by atoms with Crippen molar-refractivity contribution < 1.29 is 53.7 Å². The van der Waals surface area contributed by atoms with E-state index in [2.05, 4.69) is 20.8 Å². The third-order valence-corrected chi connectivity index (χ3v) is 10.7. The number of aromatic hydroxyl groups is 2. The molecule has 0 spiro atoms. The number of thioether (sulfide) groups is 1. The molecule has 50 heavy (non-hydrogen) atoms. The molecule has 3 aliphatic heterocycles. The zero-order valence-corrected chi connectivity index (χ0v) is 29.0. The lowest BCUT2D eigenvalue weighted by Crippen LogP contribution is -2.71. The van der Waals surface area contributed by atoms with Crippen LogP contribution in [0.15, 0.2) is 46.1 Å². The lowest BCUT2D eigenvalue weighted by Gasteiger charge is -2.50. The molecule has 8 N–H and O–H groups in total. The summed E-state index contributed by atoms with van der Waals surface area (Å²) in [6, 6.07) is 1.30. The fourth-order valence-corrected chi connectivity index (χ4v) is 7.64. The highest BCUT2D eigenvalue weighted by Gasteiger charge is 2.55. The van der Waals surface area contributed by atoms with Gasteiger partial charge in [-0.3, -0.25) is 19.3 Å². The number of nitrogens with one attached hydrogen (secondary N) is 2. The molecule has 20 heteroatoms. The Morgan fingerprint density at radius 2 is 1.90 bits per heavy atom. The molecule has 0 saturated carbocycles. The number of carbonyl (C=O) groups is 5. The first kappa shape index (κ1) is 36.4. The Labute approximate surface area is 297 Å². The molecule has 5 rings (SSSR count). The molecule has 2 atom stereocenters. The average molecular weight is 751 g/mol. The number of phenolic OH excluding ortho intramolecular Hbond substituents is 2. The first-order valence-electron chi connectivity index (χ1n) is 15.0. The second-order valence-corrected chi connectivity index (χ2v) is 14.5. The van der Waals surface area contributed by atoms with Crippen molar-refractivity contribution >= 4 is 75.2 Å². The number of anilines is 1. The minimum atomic E-state index is -1.80. The molecule has 3 aliphatic rings. The van der Waals surface area contributed by atoms with E-state index in [4.69, 9.17) is 22.2 Å². The van der Waals surface area contributed by atoms with Gasteiger partial charge in [0.25, 0.3) is 17.7 Å². The van der Waals surface area contributed by atoms with Crippen LogP contribution in [0.25, 0.3) is 0 Å². The van der Waals surface area contributed by atoms with Crippen LogP contribution in [0.5, 0.6) is 11.5 Å². The molecule has 3 amide bonds. The number of aliphatic carboxylic acids is 2. The molecule has 1 fully saturated rings. The Balaban J connectivity index is 1.29. The molecule has 1 saturated heterocycles. The number of nitrogens with two attached hydrogens (primary N) is 1. The molecule has 0 bridgehead atoms. The number of hydrogen-bond acceptors (Lipinski definition) is 13. The maximum absolute atomic E-state index is 13.4. The van der Waals surface area contributed by atoms with Crippen LogP contribution in [0.4, 0.5) is 5.13 Å². The monoisotopic (exact) mass is 750 g/mol. The van der Waals surface area contributed by atoms with E-state index < -0.39 is 63.9 Å². The number of carbonyl (C=O) groups excluding carboxylic acids is 3. The maximum Gasteiger partial charge on any atom is 0.352 e. The topological polar surface area (TPSA) is 254 Å². The quantitative estimate of drug-likeness (QED) is 0.0376. The molecular weight excluding hydrogens is 718 g/mol. The van der Waals surface area contributed by atoms with E-state index in [9.17, 15) is 44.4 Å². The number of thiazole rings is 1. The Kier molecular flexibility index (Phi) is 10.3. The number of nitrogens with zero attached hydrogens (tertiary/aromatic N) is 4. The average Bonchev–Trinajstić information content (AvgIpc) is 3.71. The number of carboxylic acid groups (broad SMARTS) is 2. The summed E-state index contributed by atoms with van der Waals surface area (Å²) < 4.78 is 0.359. The summed E-state index contributed by atoms with van der Waals surface area (Å²) in [6.45, 7) is 4.35. The fraction of sp³-hybridized carbons (Fsp3) is 0.367. The van der Waals surface area contributed by atoms with Gasteiger partial charge in [-0.05, 0) is 38.1 Å². The molecule has 1 aromatic heterocycles. The van der Waals surface area contributed by atoms with E-state index in [1.54, 1.807) is 0 Å². The Morgan fingerprint density at radius 1 is 1.20 bits per heavy atom. The summed E-state index contributed by atoms with van der Waals surface area (Å²) in [5.74, 6) is -5.63. The van der Waals surface area contributed by atoms with E-state index in [1.807, 2.05) is 12.2 Å². The molecule has 0 unspecified atom stereocenters. The largest absolute Gasteiger partial charge is 0.504 e. The fourth-order valence-electron chi connectivity index (χ4n) is 5.51. The number of phenols is 2. The predicted molar refractivity (Wildman–Crippen MR) is 182 cm³/mol. The number of halogens is 1. The highest BCUT2D eigenvalue weighted by Crippen LogP contribution is 2.41. The van der Waals surface area contributed by atoms with Gasteiger partial charge in [0.15, 0.2) is 22.3 Å². The number of benzene rings is 1. The molecule has 266 valence electrons. The number of aromatic nitrogens is 1. The molecule has 1 aromatic carbocycles. The van der Waals surface area contributed by atoms with Gasteiger partial charge in [-0.1, -0.05) is 16.8 Å². The van der Waals surface area contributed by atoms with E-state index in [0.717, 1.165) is 22.3 Å². The maximum atomic E-state index is 13.4. The molecule has 2 aromatic rings. The number of hydrogen-bond donors (Lipinski definition) is 7.